The molecule has 0 aliphatic heterocycles. The summed E-state index contributed by atoms with van der Waals surface area (Å²) in [5.74, 6) is -51.1. The quantitative estimate of drug-likeness (QED) is 0.212. The Kier molecular flexibility index (Phi) is 29.9. The molecule has 9 fully saturated rings. The molecule has 610 valence electrons. The minimum atomic E-state index is -6.19. The highest BCUT2D eigenvalue weighted by atomic mass is 19.4. The Balaban J connectivity index is 0.000000412. The van der Waals surface area contributed by atoms with Crippen LogP contribution in [0.4, 0.5) is 162 Å². The first kappa shape index (κ1) is 93.6. The van der Waals surface area contributed by atoms with Crippen LogP contribution < -0.4 is 0 Å². The average Bonchev–Trinajstić information content (AvgIpc) is 1.40. The van der Waals surface area contributed by atoms with Crippen molar-refractivity contribution in [2.24, 2.45) is 136 Å². The molecule has 0 aromatic rings. The molecule has 9 saturated carbocycles. The van der Waals surface area contributed by atoms with Gasteiger partial charge in [0, 0.05) is 13.2 Å². The largest absolute Gasteiger partial charge is 0.394 e. The van der Waals surface area contributed by atoms with E-state index in [9.17, 15) is 162 Å². The van der Waals surface area contributed by atoms with Crippen molar-refractivity contribution < 1.29 is 164 Å². The van der Waals surface area contributed by atoms with Gasteiger partial charge in [0.15, 0.2) is 6.17 Å². The van der Waals surface area contributed by atoms with Crippen LogP contribution in [0.5, 0.6) is 0 Å². The summed E-state index contributed by atoms with van der Waals surface area (Å²) in [6, 6.07) is 0. The molecule has 0 amide bonds. The molecule has 102 heavy (non-hydrogen) atoms. The Morgan fingerprint density at radius 3 is 0.951 bits per heavy atom. The van der Waals surface area contributed by atoms with Crippen molar-refractivity contribution in [2.45, 2.75) is 272 Å². The van der Waals surface area contributed by atoms with Crippen molar-refractivity contribution in [3.05, 3.63) is 0 Å². The molecule has 9 aliphatic rings. The lowest BCUT2D eigenvalue weighted by molar-refractivity contribution is -0.431. The van der Waals surface area contributed by atoms with E-state index in [0.29, 0.717) is 32.1 Å². The predicted molar refractivity (Wildman–Crippen MR) is 302 cm³/mol. The molecule has 37 heteroatoms. The van der Waals surface area contributed by atoms with Gasteiger partial charge in [0.25, 0.3) is 5.92 Å². The summed E-state index contributed by atoms with van der Waals surface area (Å²) in [5, 5.41) is 0. The highest BCUT2D eigenvalue weighted by molar-refractivity contribution is 5.20. The Morgan fingerprint density at radius 1 is 0.304 bits per heavy atom. The number of rotatable bonds is 0. The van der Waals surface area contributed by atoms with Crippen LogP contribution in [0, 0.1) is 136 Å². The van der Waals surface area contributed by atoms with E-state index >= 15 is 0 Å². The smallest absolute Gasteiger partial charge is 0.247 e. The summed E-state index contributed by atoms with van der Waals surface area (Å²) in [4.78, 5) is 0. The number of hydrogen-bond donors (Lipinski definition) is 0. The summed E-state index contributed by atoms with van der Waals surface area (Å²) >= 11 is 0. The lowest BCUT2D eigenvalue weighted by Gasteiger charge is -2.53. The highest BCUT2D eigenvalue weighted by Gasteiger charge is 2.91. The first-order valence-electron chi connectivity index (χ1n) is 33.5. The maximum Gasteiger partial charge on any atom is 0.394 e. The summed E-state index contributed by atoms with van der Waals surface area (Å²) in [6.45, 7) is 17.7. The van der Waals surface area contributed by atoms with Gasteiger partial charge < -0.3 is 0 Å². The number of halogens is 37. The first-order valence-corrected chi connectivity index (χ1v) is 33.0. The van der Waals surface area contributed by atoms with Crippen LogP contribution in [0.3, 0.4) is 0 Å². The minimum absolute atomic E-state index is 0.0166. The van der Waals surface area contributed by atoms with Crippen LogP contribution in [-0.4, -0.2) is 103 Å². The average molecular weight is 1580 g/mol. The zero-order valence-electron chi connectivity index (χ0n) is 59.0. The molecule has 0 spiro atoms. The van der Waals surface area contributed by atoms with Gasteiger partial charge in [0.05, 0.1) is 52.8 Å². The molecule has 0 aromatic carbocycles. The molecule has 9 aliphatic carbocycles. The standard InChI is InChI=1S/C12H15F9.C10H14F6.C9H13F3.2C9H15F3.C8H7F9.C8H12F4/c1-4-5(2)8(11(16,17)18)9(12(19,20)21)6(3)7(4)10(13,14)15;1-5-3-6(2)8(10(14,15)16)7(4-5)9(11,12)13;1-5-6-3-4-7(5)8(6,2)9(10,11)12;2*1-6-3-7(2)5-8(4-6)9(10,11)12;1-3-5(10,11)4(2,9)7(14,15)8(16,17)6(3,12)13;1-3-5(9)4(2)7(11)8(12)6(3)10/h4-9H,1-3H3;5-8H,3-4H2,1-2H3;5-7H,3-4H2,1-2H3;2*6-8H,3-5H2,1-2H3;3H,1-2H3;3-8H,1-2H3/t4-,5?,6?,7?,8?,9?;5-,6?,7?,8?;5?,6-,7+,8?;2*6-,7?,8?;3-,4?;3-,4?,5?,6?,7?,8?/m10.0000/s1/i;;;6D;;;. The van der Waals surface area contributed by atoms with Crippen LogP contribution in [-0.2, 0) is 0 Å². The van der Waals surface area contributed by atoms with Gasteiger partial charge >= 0.3 is 67.2 Å². The number of alkyl halides is 37. The van der Waals surface area contributed by atoms with E-state index in [4.69, 9.17) is 1.37 Å². The zero-order valence-corrected chi connectivity index (χ0v) is 58.0. The van der Waals surface area contributed by atoms with E-state index in [1.54, 1.807) is 20.8 Å². The molecule has 9 rings (SSSR count). The summed E-state index contributed by atoms with van der Waals surface area (Å²) in [7, 11) is 0. The Hall–Kier alpha value is -2.59. The fourth-order valence-corrected chi connectivity index (χ4v) is 17.2. The number of hydrogen-bond acceptors (Lipinski definition) is 0. The van der Waals surface area contributed by atoms with E-state index in [1.807, 2.05) is 20.8 Å². The van der Waals surface area contributed by atoms with Gasteiger partial charge in [0.2, 0.25) is 5.67 Å². The molecular weight excluding hydrogens is 1480 g/mol. The molecule has 28 atom stereocenters. The van der Waals surface area contributed by atoms with E-state index in [1.165, 1.54) is 27.7 Å². The Bertz CT molecular complexity index is 2500. The summed E-state index contributed by atoms with van der Waals surface area (Å²) < 4.78 is 479. The maximum absolute atomic E-state index is 13.2. The summed E-state index contributed by atoms with van der Waals surface area (Å²) in [5.41, 5.74) is -6.41. The topological polar surface area (TPSA) is 0 Å². The van der Waals surface area contributed by atoms with E-state index in [-0.39, 0.29) is 61.7 Å². The molecule has 0 N–H and O–H groups in total. The van der Waals surface area contributed by atoms with E-state index in [0.717, 1.165) is 33.1 Å². The third kappa shape index (κ3) is 20.6. The van der Waals surface area contributed by atoms with Crippen LogP contribution in [0.1, 0.15) is 169 Å². The van der Waals surface area contributed by atoms with Gasteiger partial charge in [-0.15, -0.1) is 0 Å². The van der Waals surface area contributed by atoms with Crippen LogP contribution in [0.15, 0.2) is 0 Å². The second kappa shape index (κ2) is 32.5. The van der Waals surface area contributed by atoms with Crippen molar-refractivity contribution in [2.75, 3.05) is 0 Å². The normalized spacial score (nSPS) is 43.6. The van der Waals surface area contributed by atoms with Gasteiger partial charge in [-0.05, 0) is 142 Å². The second-order valence-corrected chi connectivity index (χ2v) is 30.7. The van der Waals surface area contributed by atoms with Gasteiger partial charge in [-0.1, -0.05) is 96.9 Å². The van der Waals surface area contributed by atoms with Gasteiger partial charge in [-0.3, -0.25) is 0 Å². The number of fused-ring (bicyclic) bond motifs is 1. The van der Waals surface area contributed by atoms with Gasteiger partial charge in [0.1, 0.15) is 18.5 Å². The van der Waals surface area contributed by atoms with Crippen molar-refractivity contribution >= 4 is 0 Å². The van der Waals surface area contributed by atoms with E-state index < -0.39 is 211 Å². The third-order valence-electron chi connectivity index (χ3n) is 22.9. The maximum atomic E-state index is 13.2. The molecule has 20 unspecified atom stereocenters. The SMILES string of the molecule is CC1C(C(F)(F)F)C(C(F)(F)F)C(C)[C@@H](C)C1C(F)(F)F.CC1C(F)C(F)C(F)[C@@H](C)C1F.CC1CC(C(F)(F)F)C[C@@H](C)C1.CC1C[C@H](C)CC(C(F)(F)F)C1C(F)(F)F.CC1[C@H]2CC[C@@H]1C2(C)C(F)(F)F.C[C@H]1C(F)(F)C(C)(F)C(F)(F)C(F)(F)C1(F)F.[2H][C@]1(C)CC(C)CC(C(F)(F)F)C1. The second-order valence-electron chi connectivity index (χ2n) is 30.7. The minimum Gasteiger partial charge on any atom is -0.247 e. The molecule has 2 bridgehead atoms. The van der Waals surface area contributed by atoms with Crippen molar-refractivity contribution in [1.82, 2.24) is 0 Å². The van der Waals surface area contributed by atoms with Crippen LogP contribution in [0.2, 0.25) is 0 Å². The van der Waals surface area contributed by atoms with Gasteiger partial charge in [-0.2, -0.15) is 132 Å². The monoisotopic (exact) mass is 1580 g/mol. The highest BCUT2D eigenvalue weighted by Crippen LogP contribution is 2.72. The fraction of sp³-hybridized carbons (Fsp3) is 1.00. The third-order valence-corrected chi connectivity index (χ3v) is 22.9. The molecule has 0 saturated heterocycles. The van der Waals surface area contributed by atoms with Crippen molar-refractivity contribution in [3.8, 4) is 0 Å². The first-order chi connectivity index (χ1) is 45.2. The zero-order chi connectivity index (χ0) is 82.0. The Morgan fingerprint density at radius 2 is 0.637 bits per heavy atom. The lowest BCUT2D eigenvalue weighted by atomic mass is 9.53. The van der Waals surface area contributed by atoms with Crippen LogP contribution >= 0.6 is 0 Å². The molecule has 0 radical (unpaired) electrons. The predicted octanol–water partition coefficient (Wildman–Crippen LogP) is 26.9. The molecule has 0 nitrogen and oxygen atoms in total. The molecule has 0 heterocycles. The van der Waals surface area contributed by atoms with Crippen molar-refractivity contribution in [1.29, 1.82) is 0 Å². The molecular formula is C65H91F37. The summed E-state index contributed by atoms with van der Waals surface area (Å²) in [6.07, 6.45) is -41.2. The fourth-order valence-electron chi connectivity index (χ4n) is 17.2. The van der Waals surface area contributed by atoms with E-state index in [2.05, 4.69) is 0 Å². The van der Waals surface area contributed by atoms with Gasteiger partial charge in [-0.25, -0.2) is 30.7 Å². The van der Waals surface area contributed by atoms with Crippen molar-refractivity contribution in [3.63, 3.8) is 0 Å². The van der Waals surface area contributed by atoms with Crippen LogP contribution in [0.25, 0.3) is 0 Å². The Labute approximate surface area is 570 Å². The lowest BCUT2D eigenvalue weighted by Crippen LogP contribution is -2.77. The molecule has 0 aromatic heterocycles.